The molecule has 18 heavy (non-hydrogen) atoms. The average molecular weight is 251 g/mol. The van der Waals surface area contributed by atoms with E-state index in [0.717, 1.165) is 30.2 Å². The van der Waals surface area contributed by atoms with Gasteiger partial charge in [-0.1, -0.05) is 6.08 Å². The van der Waals surface area contributed by atoms with Gasteiger partial charge in [-0.2, -0.15) is 0 Å². The van der Waals surface area contributed by atoms with Crippen molar-refractivity contribution in [3.05, 3.63) is 36.4 Å². The Hall–Kier alpha value is -1.52. The molecular formula is C14H21NO3. The zero-order chi connectivity index (χ0) is 13.2. The molecule has 1 aromatic rings. The van der Waals surface area contributed by atoms with Crippen molar-refractivity contribution in [1.29, 1.82) is 0 Å². The lowest BCUT2D eigenvalue weighted by Crippen LogP contribution is -2.19. The maximum atomic E-state index is 5.30. The van der Waals surface area contributed by atoms with Gasteiger partial charge in [-0.25, -0.2) is 0 Å². The second-order valence-corrected chi connectivity index (χ2v) is 3.72. The molecule has 4 heteroatoms. The molecule has 0 saturated heterocycles. The van der Waals surface area contributed by atoms with Crippen LogP contribution in [0.2, 0.25) is 0 Å². The highest BCUT2D eigenvalue weighted by atomic mass is 16.5. The zero-order valence-corrected chi connectivity index (χ0v) is 11.1. The third kappa shape index (κ3) is 4.77. The van der Waals surface area contributed by atoms with E-state index in [4.69, 9.17) is 14.2 Å². The van der Waals surface area contributed by atoms with Crippen LogP contribution in [0, 0.1) is 0 Å². The molecule has 0 amide bonds. The number of rotatable bonds is 9. The van der Waals surface area contributed by atoms with Gasteiger partial charge < -0.3 is 19.5 Å². The van der Waals surface area contributed by atoms with Gasteiger partial charge in [0.05, 0.1) is 27.4 Å². The Labute approximate surface area is 109 Å². The summed E-state index contributed by atoms with van der Waals surface area (Å²) < 4.78 is 15.8. The van der Waals surface area contributed by atoms with Crippen LogP contribution in [0.5, 0.6) is 11.5 Å². The maximum Gasteiger partial charge on any atom is 0.123 e. The summed E-state index contributed by atoms with van der Waals surface area (Å²) in [6, 6.07) is 5.76. The topological polar surface area (TPSA) is 39.7 Å². The Morgan fingerprint density at radius 2 is 2.11 bits per heavy atom. The lowest BCUT2D eigenvalue weighted by atomic mass is 10.2. The predicted molar refractivity (Wildman–Crippen MR) is 72.3 cm³/mol. The molecule has 0 unspecified atom stereocenters. The quantitative estimate of drug-likeness (QED) is 0.538. The molecular weight excluding hydrogens is 230 g/mol. The number of benzene rings is 1. The van der Waals surface area contributed by atoms with Gasteiger partial charge in [0.1, 0.15) is 11.5 Å². The third-order valence-corrected chi connectivity index (χ3v) is 2.46. The van der Waals surface area contributed by atoms with E-state index in [9.17, 15) is 0 Å². The first kappa shape index (κ1) is 14.5. The van der Waals surface area contributed by atoms with Crippen molar-refractivity contribution in [3.8, 4) is 11.5 Å². The monoisotopic (exact) mass is 251 g/mol. The fourth-order valence-corrected chi connectivity index (χ4v) is 1.55. The van der Waals surface area contributed by atoms with Crippen molar-refractivity contribution < 1.29 is 14.2 Å². The summed E-state index contributed by atoms with van der Waals surface area (Å²) in [5.41, 5.74) is 1.07. The van der Waals surface area contributed by atoms with Crippen LogP contribution in [-0.4, -0.2) is 34.0 Å². The van der Waals surface area contributed by atoms with E-state index in [2.05, 4.69) is 11.9 Å². The largest absolute Gasteiger partial charge is 0.497 e. The van der Waals surface area contributed by atoms with Crippen LogP contribution in [0.4, 0.5) is 0 Å². The number of hydrogen-bond acceptors (Lipinski definition) is 4. The Balaban J connectivity index is 2.42. The van der Waals surface area contributed by atoms with E-state index >= 15 is 0 Å². The first-order valence-electron chi connectivity index (χ1n) is 5.92. The fourth-order valence-electron chi connectivity index (χ4n) is 1.55. The van der Waals surface area contributed by atoms with Crippen molar-refractivity contribution in [2.45, 2.75) is 6.54 Å². The summed E-state index contributed by atoms with van der Waals surface area (Å²) in [6.45, 7) is 6.35. The smallest absolute Gasteiger partial charge is 0.123 e. The summed E-state index contributed by atoms with van der Waals surface area (Å²) in [7, 11) is 3.32. The van der Waals surface area contributed by atoms with Gasteiger partial charge in [-0.05, 0) is 18.2 Å². The molecule has 0 aromatic heterocycles. The van der Waals surface area contributed by atoms with Gasteiger partial charge in [0.15, 0.2) is 0 Å². The van der Waals surface area contributed by atoms with Gasteiger partial charge in [-0.3, -0.25) is 0 Å². The lowest BCUT2D eigenvalue weighted by Gasteiger charge is -2.11. The summed E-state index contributed by atoms with van der Waals surface area (Å²) in [5, 5.41) is 3.29. The van der Waals surface area contributed by atoms with E-state index in [1.165, 1.54) is 0 Å². The standard InChI is InChI=1S/C14H21NO3/c1-4-8-18-9-7-15-11-12-10-13(16-2)5-6-14(12)17-3/h4-6,10,15H,1,7-9,11H2,2-3H3. The van der Waals surface area contributed by atoms with E-state index in [0.29, 0.717) is 13.2 Å². The molecule has 0 atom stereocenters. The zero-order valence-electron chi connectivity index (χ0n) is 11.1. The highest BCUT2D eigenvalue weighted by Gasteiger charge is 2.04. The molecule has 1 aromatic carbocycles. The van der Waals surface area contributed by atoms with E-state index in [1.807, 2.05) is 18.2 Å². The molecule has 0 heterocycles. The Kier molecular flexibility index (Phi) is 6.91. The van der Waals surface area contributed by atoms with Crippen LogP contribution in [0.3, 0.4) is 0 Å². The maximum absolute atomic E-state index is 5.30. The lowest BCUT2D eigenvalue weighted by molar-refractivity contribution is 0.163. The van der Waals surface area contributed by atoms with Crippen LogP contribution >= 0.6 is 0 Å². The molecule has 1 rings (SSSR count). The summed E-state index contributed by atoms with van der Waals surface area (Å²) in [4.78, 5) is 0. The van der Waals surface area contributed by atoms with Crippen molar-refractivity contribution in [3.63, 3.8) is 0 Å². The van der Waals surface area contributed by atoms with Crippen LogP contribution in [0.1, 0.15) is 5.56 Å². The summed E-state index contributed by atoms with van der Waals surface area (Å²) in [6.07, 6.45) is 1.74. The molecule has 0 spiro atoms. The summed E-state index contributed by atoms with van der Waals surface area (Å²) >= 11 is 0. The Bertz CT molecular complexity index is 366. The van der Waals surface area contributed by atoms with Gasteiger partial charge in [-0.15, -0.1) is 6.58 Å². The minimum atomic E-state index is 0.587. The van der Waals surface area contributed by atoms with Crippen molar-refractivity contribution >= 4 is 0 Å². The normalized spacial score (nSPS) is 10.1. The minimum absolute atomic E-state index is 0.587. The van der Waals surface area contributed by atoms with Gasteiger partial charge in [0.2, 0.25) is 0 Å². The molecule has 0 aliphatic heterocycles. The van der Waals surface area contributed by atoms with Crippen LogP contribution < -0.4 is 14.8 Å². The van der Waals surface area contributed by atoms with Gasteiger partial charge >= 0.3 is 0 Å². The Morgan fingerprint density at radius 3 is 2.78 bits per heavy atom. The molecule has 1 N–H and O–H groups in total. The van der Waals surface area contributed by atoms with E-state index in [-0.39, 0.29) is 0 Å². The minimum Gasteiger partial charge on any atom is -0.497 e. The highest BCUT2D eigenvalue weighted by Crippen LogP contribution is 2.23. The van der Waals surface area contributed by atoms with Crippen molar-refractivity contribution in [1.82, 2.24) is 5.32 Å². The molecule has 0 saturated carbocycles. The van der Waals surface area contributed by atoms with Crippen LogP contribution in [0.15, 0.2) is 30.9 Å². The third-order valence-electron chi connectivity index (χ3n) is 2.46. The number of nitrogens with one attached hydrogen (secondary N) is 1. The average Bonchev–Trinajstić information content (AvgIpc) is 2.42. The molecule has 0 bridgehead atoms. The van der Waals surface area contributed by atoms with Crippen LogP contribution in [0.25, 0.3) is 0 Å². The second-order valence-electron chi connectivity index (χ2n) is 3.72. The van der Waals surface area contributed by atoms with Gasteiger partial charge in [0.25, 0.3) is 0 Å². The highest BCUT2D eigenvalue weighted by molar-refractivity contribution is 5.40. The fraction of sp³-hybridized carbons (Fsp3) is 0.429. The van der Waals surface area contributed by atoms with E-state index < -0.39 is 0 Å². The van der Waals surface area contributed by atoms with Gasteiger partial charge in [0, 0.05) is 18.7 Å². The molecule has 0 aliphatic rings. The molecule has 0 aliphatic carbocycles. The number of hydrogen-bond donors (Lipinski definition) is 1. The Morgan fingerprint density at radius 1 is 1.28 bits per heavy atom. The predicted octanol–water partition coefficient (Wildman–Crippen LogP) is 2.00. The molecule has 4 nitrogen and oxygen atoms in total. The SMILES string of the molecule is C=CCOCCNCc1cc(OC)ccc1OC. The number of methoxy groups -OCH3 is 2. The first-order chi connectivity index (χ1) is 8.81. The molecule has 100 valence electrons. The van der Waals surface area contributed by atoms with Crippen molar-refractivity contribution in [2.24, 2.45) is 0 Å². The summed E-state index contributed by atoms with van der Waals surface area (Å²) in [5.74, 6) is 1.69. The molecule has 0 fully saturated rings. The van der Waals surface area contributed by atoms with Crippen LogP contribution in [-0.2, 0) is 11.3 Å². The second kappa shape index (κ2) is 8.55. The van der Waals surface area contributed by atoms with E-state index in [1.54, 1.807) is 20.3 Å². The first-order valence-corrected chi connectivity index (χ1v) is 5.92. The number of ether oxygens (including phenoxy) is 3. The van der Waals surface area contributed by atoms with Crippen molar-refractivity contribution in [2.75, 3.05) is 34.0 Å². The molecule has 0 radical (unpaired) electrons.